The maximum Gasteiger partial charge on any atom is 0.352 e. The Morgan fingerprint density at radius 1 is 1.40 bits per heavy atom. The Morgan fingerprint density at radius 2 is 1.93 bits per heavy atom. The van der Waals surface area contributed by atoms with Crippen molar-refractivity contribution in [3.8, 4) is 0 Å². The van der Waals surface area contributed by atoms with E-state index in [2.05, 4.69) is 0 Å². The topological polar surface area (TPSA) is 81.0 Å². The highest BCUT2D eigenvalue weighted by Crippen LogP contribution is 2.15. The van der Waals surface area contributed by atoms with E-state index in [4.69, 9.17) is 10.3 Å². The molecule has 1 aromatic carbocycles. The minimum absolute atomic E-state index is 0.184. The van der Waals surface area contributed by atoms with E-state index in [1.165, 1.54) is 0 Å². The highest BCUT2D eigenvalue weighted by Gasteiger charge is 2.39. The lowest BCUT2D eigenvalue weighted by Gasteiger charge is -2.29. The van der Waals surface area contributed by atoms with Gasteiger partial charge in [-0.05, 0) is 5.56 Å². The van der Waals surface area contributed by atoms with Crippen LogP contribution in [0.2, 0.25) is 0 Å². The largest absolute Gasteiger partial charge is 0.478 e. The predicted octanol–water partition coefficient (Wildman–Crippen LogP) is -0.758. The number of aliphatic carboxylic acids is 1. The number of rotatable bonds is 4. The molecule has 1 rings (SSSR count). The van der Waals surface area contributed by atoms with Crippen molar-refractivity contribution in [3.63, 3.8) is 0 Å². The number of carboxylic acids is 1. The zero-order chi connectivity index (χ0) is 11.5. The molecule has 0 aliphatic carbocycles. The van der Waals surface area contributed by atoms with E-state index in [0.29, 0.717) is 10.5 Å². The second-order valence-corrected chi connectivity index (χ2v) is 3.31. The van der Waals surface area contributed by atoms with Gasteiger partial charge in [-0.1, -0.05) is 30.3 Å². The van der Waals surface area contributed by atoms with E-state index in [1.54, 1.807) is 30.3 Å². The van der Waals surface area contributed by atoms with Gasteiger partial charge in [-0.25, -0.2) is 9.77 Å². The SMILES string of the molecule is BN(O)C(O)(Cc1ccccc1)C(=O)O. The molecule has 15 heavy (non-hydrogen) atoms. The van der Waals surface area contributed by atoms with Gasteiger partial charge in [-0.3, -0.25) is 0 Å². The van der Waals surface area contributed by atoms with Gasteiger partial charge in [0.15, 0.2) is 0 Å². The first kappa shape index (κ1) is 11.7. The van der Waals surface area contributed by atoms with Crippen LogP contribution in [0, 0.1) is 0 Å². The van der Waals surface area contributed by atoms with Gasteiger partial charge in [-0.2, -0.15) is 0 Å². The third-order valence-electron chi connectivity index (χ3n) is 2.17. The number of carboxylic acid groups (broad SMARTS) is 1. The van der Waals surface area contributed by atoms with E-state index < -0.39 is 11.7 Å². The van der Waals surface area contributed by atoms with Crippen LogP contribution in [-0.2, 0) is 11.2 Å². The smallest absolute Gasteiger partial charge is 0.352 e. The minimum Gasteiger partial charge on any atom is -0.478 e. The van der Waals surface area contributed by atoms with Crippen LogP contribution in [0.3, 0.4) is 0 Å². The van der Waals surface area contributed by atoms with Crippen molar-refractivity contribution in [1.29, 1.82) is 0 Å². The van der Waals surface area contributed by atoms with Crippen molar-refractivity contribution < 1.29 is 20.2 Å². The molecule has 6 heteroatoms. The maximum absolute atomic E-state index is 10.8. The lowest BCUT2D eigenvalue weighted by atomic mass is 10.0. The van der Waals surface area contributed by atoms with E-state index in [-0.39, 0.29) is 6.42 Å². The van der Waals surface area contributed by atoms with Crippen molar-refractivity contribution in [2.75, 3.05) is 0 Å². The molecule has 0 saturated heterocycles. The van der Waals surface area contributed by atoms with Gasteiger partial charge in [0.2, 0.25) is 13.7 Å². The molecule has 5 nitrogen and oxygen atoms in total. The van der Waals surface area contributed by atoms with Crippen LogP contribution in [0.1, 0.15) is 5.56 Å². The van der Waals surface area contributed by atoms with E-state index in [0.717, 1.165) is 7.98 Å². The lowest BCUT2D eigenvalue weighted by molar-refractivity contribution is -0.219. The fourth-order valence-electron chi connectivity index (χ4n) is 1.21. The third-order valence-corrected chi connectivity index (χ3v) is 2.17. The van der Waals surface area contributed by atoms with Crippen molar-refractivity contribution in [3.05, 3.63) is 35.9 Å². The van der Waals surface area contributed by atoms with Crippen molar-refractivity contribution in [2.45, 2.75) is 12.1 Å². The Labute approximate surface area is 88.0 Å². The second kappa shape index (κ2) is 4.44. The van der Waals surface area contributed by atoms with Crippen molar-refractivity contribution in [1.82, 2.24) is 4.97 Å². The van der Waals surface area contributed by atoms with Gasteiger partial charge in [0.25, 0.3) is 0 Å². The normalized spacial score (nSPS) is 14.9. The molecule has 1 atom stereocenters. The Morgan fingerprint density at radius 3 is 2.33 bits per heavy atom. The van der Waals surface area contributed by atoms with E-state index in [1.807, 2.05) is 0 Å². The summed E-state index contributed by atoms with van der Waals surface area (Å²) in [7, 11) is 1.09. The Bertz CT molecular complexity index is 343. The zero-order valence-electron chi connectivity index (χ0n) is 8.29. The van der Waals surface area contributed by atoms with Gasteiger partial charge in [-0.15, -0.1) is 0 Å². The lowest BCUT2D eigenvalue weighted by Crippen LogP contribution is -2.53. The van der Waals surface area contributed by atoms with Gasteiger partial charge >= 0.3 is 5.97 Å². The molecule has 1 unspecified atom stereocenters. The van der Waals surface area contributed by atoms with Gasteiger partial charge in [0.1, 0.15) is 0 Å². The standard InChI is InChI=1S/C9H12BNO4/c10-11(15)9(14,8(12)13)6-7-4-2-1-3-5-7/h1-5,14-15H,6,10H2,(H,12,13). The number of hydrogen-bond donors (Lipinski definition) is 3. The van der Waals surface area contributed by atoms with Crippen LogP contribution in [0.25, 0.3) is 0 Å². The molecule has 1 aromatic rings. The number of hydroxylamine groups is 1. The molecular weight excluding hydrogens is 197 g/mol. The highest BCUT2D eigenvalue weighted by atomic mass is 16.5. The molecule has 80 valence electrons. The van der Waals surface area contributed by atoms with E-state index >= 15 is 0 Å². The Balaban J connectivity index is 2.90. The molecule has 0 amide bonds. The first-order valence-corrected chi connectivity index (χ1v) is 4.39. The summed E-state index contributed by atoms with van der Waals surface area (Å²) in [5, 5.41) is 27.6. The van der Waals surface area contributed by atoms with Crippen LogP contribution in [-0.4, -0.2) is 40.1 Å². The first-order valence-electron chi connectivity index (χ1n) is 4.39. The average molecular weight is 209 g/mol. The summed E-state index contributed by atoms with van der Waals surface area (Å²) >= 11 is 0. The van der Waals surface area contributed by atoms with Gasteiger partial charge in [0.05, 0.1) is 0 Å². The number of benzene rings is 1. The molecule has 0 aliphatic rings. The summed E-state index contributed by atoms with van der Waals surface area (Å²) in [5.41, 5.74) is -1.66. The average Bonchev–Trinajstić information content (AvgIpc) is 2.18. The number of aliphatic hydroxyl groups is 1. The van der Waals surface area contributed by atoms with Gasteiger partial charge < -0.3 is 15.4 Å². The maximum atomic E-state index is 10.8. The highest BCUT2D eigenvalue weighted by molar-refractivity contribution is 6.05. The van der Waals surface area contributed by atoms with Crippen LogP contribution < -0.4 is 0 Å². The molecule has 0 radical (unpaired) electrons. The fourth-order valence-corrected chi connectivity index (χ4v) is 1.21. The molecule has 0 heterocycles. The van der Waals surface area contributed by atoms with Crippen LogP contribution in [0.15, 0.2) is 30.3 Å². The van der Waals surface area contributed by atoms with Crippen LogP contribution in [0.5, 0.6) is 0 Å². The summed E-state index contributed by atoms with van der Waals surface area (Å²) in [6.45, 7) is 0. The monoisotopic (exact) mass is 209 g/mol. The quantitative estimate of drug-likeness (QED) is 0.345. The number of carbonyl (C=O) groups is 1. The molecule has 0 aromatic heterocycles. The molecule has 3 N–H and O–H groups in total. The summed E-state index contributed by atoms with van der Waals surface area (Å²) in [6.07, 6.45) is -0.184. The molecular formula is C9H12BNO4. The summed E-state index contributed by atoms with van der Waals surface area (Å²) in [5.74, 6) is -1.49. The second-order valence-electron chi connectivity index (χ2n) is 3.31. The predicted molar refractivity (Wildman–Crippen MR) is 54.9 cm³/mol. The molecule has 0 saturated carbocycles. The molecule has 0 bridgehead atoms. The summed E-state index contributed by atoms with van der Waals surface area (Å²) in [6, 6.07) is 8.60. The molecule has 0 spiro atoms. The van der Waals surface area contributed by atoms with Gasteiger partial charge in [0, 0.05) is 6.42 Å². The molecule has 0 aliphatic heterocycles. The minimum atomic E-state index is -2.29. The van der Waals surface area contributed by atoms with Crippen molar-refractivity contribution >= 4 is 14.0 Å². The first-order chi connectivity index (χ1) is 6.97. The molecule has 0 fully saturated rings. The number of hydrogen-bond acceptors (Lipinski definition) is 4. The Hall–Kier alpha value is -1.37. The fraction of sp³-hybridized carbons (Fsp3) is 0.222. The van der Waals surface area contributed by atoms with Crippen LogP contribution >= 0.6 is 0 Å². The summed E-state index contributed by atoms with van der Waals surface area (Å²) in [4.78, 5) is 11.1. The van der Waals surface area contributed by atoms with Crippen molar-refractivity contribution in [2.24, 2.45) is 0 Å². The number of nitrogens with zero attached hydrogens (tertiary/aromatic N) is 1. The summed E-state index contributed by atoms with van der Waals surface area (Å²) < 4.78 is 0. The zero-order valence-corrected chi connectivity index (χ0v) is 8.29. The Kier molecular flexibility index (Phi) is 3.46. The third kappa shape index (κ3) is 2.56. The van der Waals surface area contributed by atoms with Crippen LogP contribution in [0.4, 0.5) is 0 Å². The van der Waals surface area contributed by atoms with E-state index in [9.17, 15) is 9.90 Å².